The zero-order valence-corrected chi connectivity index (χ0v) is 27.7. The minimum absolute atomic E-state index is 0.575. The molecule has 0 heterocycles. The van der Waals surface area contributed by atoms with Crippen LogP contribution in [0, 0.1) is 27.7 Å². The molecule has 0 fully saturated rings. The number of benzene rings is 6. The number of rotatable bonds is 12. The molecule has 0 N–H and O–H groups in total. The highest BCUT2D eigenvalue weighted by Gasteiger charge is 2.14. The van der Waals surface area contributed by atoms with E-state index in [2.05, 4.69) is 159 Å². The Bertz CT molecular complexity index is 1610. The average Bonchev–Trinajstić information content (AvgIpc) is 3.09. The first kappa shape index (κ1) is 31.5. The summed E-state index contributed by atoms with van der Waals surface area (Å²) in [4.78, 5) is 4.53. The number of ether oxygens (including phenoxy) is 2. The number of hydrogen-bond donors (Lipinski definition) is 0. The fourth-order valence-electron chi connectivity index (χ4n) is 5.49. The summed E-state index contributed by atoms with van der Waals surface area (Å²) < 4.78 is 12.2. The van der Waals surface area contributed by atoms with Gasteiger partial charge in [0.25, 0.3) is 0 Å². The smallest absolute Gasteiger partial charge is 0.119 e. The quantitative estimate of drug-likeness (QED) is 0.127. The molecule has 6 aromatic rings. The molecule has 0 aliphatic rings. The molecular weight excluding hydrogens is 576 g/mol. The number of anilines is 6. The van der Waals surface area contributed by atoms with Crippen LogP contribution >= 0.6 is 0 Å². The van der Waals surface area contributed by atoms with Crippen LogP contribution in [0.5, 0.6) is 11.5 Å². The van der Waals surface area contributed by atoms with E-state index in [1.54, 1.807) is 0 Å². The van der Waals surface area contributed by atoms with Crippen molar-refractivity contribution in [1.82, 2.24) is 0 Å². The number of nitrogens with zero attached hydrogens (tertiary/aromatic N) is 2. The van der Waals surface area contributed by atoms with Crippen molar-refractivity contribution in [3.05, 3.63) is 168 Å². The van der Waals surface area contributed by atoms with Gasteiger partial charge >= 0.3 is 0 Å². The van der Waals surface area contributed by atoms with Crippen molar-refractivity contribution in [2.24, 2.45) is 0 Å². The normalized spacial score (nSPS) is 10.8. The maximum atomic E-state index is 6.08. The van der Waals surface area contributed by atoms with Crippen LogP contribution in [0.25, 0.3) is 0 Å². The third-order valence-corrected chi connectivity index (χ3v) is 8.18. The van der Waals surface area contributed by atoms with Crippen LogP contribution in [0.2, 0.25) is 0 Å². The molecule has 47 heavy (non-hydrogen) atoms. The van der Waals surface area contributed by atoms with E-state index in [0.717, 1.165) is 52.0 Å². The lowest BCUT2D eigenvalue weighted by molar-refractivity contribution is 0.247. The summed E-state index contributed by atoms with van der Waals surface area (Å²) in [5.74, 6) is 1.69. The van der Waals surface area contributed by atoms with E-state index in [4.69, 9.17) is 9.47 Å². The van der Waals surface area contributed by atoms with E-state index in [0.29, 0.717) is 13.2 Å². The van der Waals surface area contributed by atoms with E-state index < -0.39 is 0 Å². The van der Waals surface area contributed by atoms with Crippen LogP contribution in [-0.2, 0) is 0 Å². The van der Waals surface area contributed by atoms with Crippen LogP contribution in [-0.4, -0.2) is 13.2 Å². The molecule has 0 aliphatic heterocycles. The van der Waals surface area contributed by atoms with Gasteiger partial charge in [-0.05, 0) is 125 Å². The van der Waals surface area contributed by atoms with Gasteiger partial charge in [-0.3, -0.25) is 0 Å². The van der Waals surface area contributed by atoms with Gasteiger partial charge in [-0.25, -0.2) is 0 Å². The summed E-state index contributed by atoms with van der Waals surface area (Å²) in [5.41, 5.74) is 11.6. The third-order valence-electron chi connectivity index (χ3n) is 8.18. The van der Waals surface area contributed by atoms with Gasteiger partial charge in [0, 0.05) is 40.5 Å². The Kier molecular flexibility index (Phi) is 9.88. The predicted octanol–water partition coefficient (Wildman–Crippen LogP) is 11.7. The monoisotopic (exact) mass is 618 g/mol. The first-order valence-electron chi connectivity index (χ1n) is 16.3. The Morgan fingerprint density at radius 3 is 0.766 bits per heavy atom. The lowest BCUT2D eigenvalue weighted by Crippen LogP contribution is -2.10. The van der Waals surface area contributed by atoms with Crippen molar-refractivity contribution in [3.8, 4) is 11.5 Å². The topological polar surface area (TPSA) is 24.9 Å². The van der Waals surface area contributed by atoms with Crippen LogP contribution in [0.3, 0.4) is 0 Å². The van der Waals surface area contributed by atoms with E-state index in [9.17, 15) is 0 Å². The van der Waals surface area contributed by atoms with Crippen molar-refractivity contribution in [2.75, 3.05) is 23.0 Å². The highest BCUT2D eigenvalue weighted by molar-refractivity contribution is 5.78. The Labute approximate surface area is 279 Å². The molecule has 0 amide bonds. The molecule has 0 bridgehead atoms. The molecule has 6 rings (SSSR count). The number of aryl methyl sites for hydroxylation is 4. The van der Waals surface area contributed by atoms with Gasteiger partial charge in [0.05, 0.1) is 13.2 Å². The minimum atomic E-state index is 0.575. The maximum Gasteiger partial charge on any atom is 0.119 e. The summed E-state index contributed by atoms with van der Waals surface area (Å²) >= 11 is 0. The standard InChI is InChI=1S/C43H42N2O2/c1-32-6-14-36(15-7-32)44(37-16-8-33(2)9-17-37)40-22-26-42(27-23-40)46-30-5-31-47-43-28-24-41(25-29-43)45(38-18-10-34(3)11-19-38)39-20-12-35(4)13-21-39/h6-29H,5,30-31H2,1-4H3. The lowest BCUT2D eigenvalue weighted by atomic mass is 10.1. The first-order valence-corrected chi connectivity index (χ1v) is 16.3. The molecule has 0 aliphatic carbocycles. The van der Waals surface area contributed by atoms with Gasteiger partial charge < -0.3 is 19.3 Å². The highest BCUT2D eigenvalue weighted by Crippen LogP contribution is 2.37. The molecule has 0 spiro atoms. The average molecular weight is 619 g/mol. The van der Waals surface area contributed by atoms with Gasteiger partial charge in [-0.1, -0.05) is 70.8 Å². The second kappa shape index (κ2) is 14.7. The predicted molar refractivity (Wildman–Crippen MR) is 197 cm³/mol. The Morgan fingerprint density at radius 1 is 0.319 bits per heavy atom. The molecule has 4 heteroatoms. The van der Waals surface area contributed by atoms with E-state index in [1.165, 1.54) is 22.3 Å². The minimum Gasteiger partial charge on any atom is -0.493 e. The first-order chi connectivity index (χ1) is 22.9. The van der Waals surface area contributed by atoms with Gasteiger partial charge in [0.15, 0.2) is 0 Å². The van der Waals surface area contributed by atoms with Crippen molar-refractivity contribution < 1.29 is 9.47 Å². The fraction of sp³-hybridized carbons (Fsp3) is 0.163. The van der Waals surface area contributed by atoms with E-state index in [1.807, 2.05) is 24.3 Å². The summed E-state index contributed by atoms with van der Waals surface area (Å²) in [5, 5.41) is 0. The Balaban J connectivity index is 1.04. The molecule has 6 aromatic carbocycles. The second-order valence-corrected chi connectivity index (χ2v) is 12.1. The zero-order chi connectivity index (χ0) is 32.6. The molecule has 0 aromatic heterocycles. The Hall–Kier alpha value is -5.48. The highest BCUT2D eigenvalue weighted by atomic mass is 16.5. The van der Waals surface area contributed by atoms with Gasteiger partial charge in [0.2, 0.25) is 0 Å². The fourth-order valence-corrected chi connectivity index (χ4v) is 5.49. The SMILES string of the molecule is Cc1ccc(N(c2ccc(C)cc2)c2ccc(OCCCOc3ccc(N(c4ccc(C)cc4)c4ccc(C)cc4)cc3)cc2)cc1. The van der Waals surface area contributed by atoms with Crippen molar-refractivity contribution >= 4 is 34.1 Å². The van der Waals surface area contributed by atoms with Crippen molar-refractivity contribution in [1.29, 1.82) is 0 Å². The largest absolute Gasteiger partial charge is 0.493 e. The molecule has 0 saturated carbocycles. The van der Waals surface area contributed by atoms with Crippen molar-refractivity contribution in [3.63, 3.8) is 0 Å². The summed E-state index contributed by atoms with van der Waals surface area (Å²) in [7, 11) is 0. The Morgan fingerprint density at radius 2 is 0.532 bits per heavy atom. The summed E-state index contributed by atoms with van der Waals surface area (Å²) in [6, 6.07) is 51.1. The molecule has 0 radical (unpaired) electrons. The van der Waals surface area contributed by atoms with Gasteiger partial charge in [-0.2, -0.15) is 0 Å². The summed E-state index contributed by atoms with van der Waals surface area (Å²) in [6.07, 6.45) is 0.779. The zero-order valence-electron chi connectivity index (χ0n) is 27.7. The van der Waals surface area contributed by atoms with Gasteiger partial charge in [-0.15, -0.1) is 0 Å². The van der Waals surface area contributed by atoms with E-state index in [-0.39, 0.29) is 0 Å². The molecule has 0 unspecified atom stereocenters. The molecule has 0 saturated heterocycles. The van der Waals surface area contributed by atoms with E-state index >= 15 is 0 Å². The molecule has 0 atom stereocenters. The third kappa shape index (κ3) is 8.03. The summed E-state index contributed by atoms with van der Waals surface area (Å²) in [6.45, 7) is 9.60. The molecule has 236 valence electrons. The van der Waals surface area contributed by atoms with Crippen LogP contribution < -0.4 is 19.3 Å². The lowest BCUT2D eigenvalue weighted by Gasteiger charge is -2.26. The molecule has 4 nitrogen and oxygen atoms in total. The van der Waals surface area contributed by atoms with Crippen LogP contribution in [0.1, 0.15) is 28.7 Å². The second-order valence-electron chi connectivity index (χ2n) is 12.1. The maximum absolute atomic E-state index is 6.08. The van der Waals surface area contributed by atoms with Crippen LogP contribution in [0.15, 0.2) is 146 Å². The molecular formula is C43H42N2O2. The number of hydrogen-bond acceptors (Lipinski definition) is 4. The van der Waals surface area contributed by atoms with Gasteiger partial charge in [0.1, 0.15) is 11.5 Å². The van der Waals surface area contributed by atoms with Crippen LogP contribution in [0.4, 0.5) is 34.1 Å². The van der Waals surface area contributed by atoms with Crippen molar-refractivity contribution in [2.45, 2.75) is 34.1 Å².